The van der Waals surface area contributed by atoms with Crippen molar-refractivity contribution in [3.8, 4) is 11.3 Å². The highest BCUT2D eigenvalue weighted by atomic mass is 16.1. The first kappa shape index (κ1) is 17.1. The van der Waals surface area contributed by atoms with Crippen LogP contribution in [0.5, 0.6) is 0 Å². The summed E-state index contributed by atoms with van der Waals surface area (Å²) in [5, 5.41) is 0. The third-order valence-electron chi connectivity index (χ3n) is 4.81. The maximum atomic E-state index is 12.5. The van der Waals surface area contributed by atoms with E-state index in [1.165, 1.54) is 0 Å². The van der Waals surface area contributed by atoms with Crippen molar-refractivity contribution in [3.63, 3.8) is 0 Å². The summed E-state index contributed by atoms with van der Waals surface area (Å²) in [6, 6.07) is 7.26. The lowest BCUT2D eigenvalue weighted by Crippen LogP contribution is -2.54. The number of aromatic nitrogens is 5. The van der Waals surface area contributed by atoms with Gasteiger partial charge in [-0.25, -0.2) is 15.0 Å². The van der Waals surface area contributed by atoms with Crippen molar-refractivity contribution < 1.29 is 0 Å². The molecule has 138 valence electrons. The van der Waals surface area contributed by atoms with Crippen molar-refractivity contribution in [2.24, 2.45) is 7.05 Å². The minimum Gasteiger partial charge on any atom is -0.337 e. The molecule has 0 bridgehead atoms. The third-order valence-corrected chi connectivity index (χ3v) is 4.81. The van der Waals surface area contributed by atoms with Crippen LogP contribution < -0.4 is 15.4 Å². The highest BCUT2D eigenvalue weighted by molar-refractivity contribution is 5.59. The smallest absolute Gasteiger partial charge is 0.255 e. The molecule has 8 nitrogen and oxygen atoms in total. The van der Waals surface area contributed by atoms with E-state index in [0.29, 0.717) is 11.6 Å². The van der Waals surface area contributed by atoms with Gasteiger partial charge < -0.3 is 9.80 Å². The second kappa shape index (κ2) is 7.14. The van der Waals surface area contributed by atoms with E-state index in [2.05, 4.69) is 31.7 Å². The van der Waals surface area contributed by atoms with E-state index in [9.17, 15) is 4.79 Å². The van der Waals surface area contributed by atoms with Gasteiger partial charge >= 0.3 is 0 Å². The molecule has 1 aliphatic heterocycles. The van der Waals surface area contributed by atoms with Crippen LogP contribution in [0, 0.1) is 0 Å². The Hall–Kier alpha value is -3.29. The molecule has 27 heavy (non-hydrogen) atoms. The molecule has 3 aromatic rings. The summed E-state index contributed by atoms with van der Waals surface area (Å²) in [5.74, 6) is 1.41. The van der Waals surface area contributed by atoms with Gasteiger partial charge in [0.25, 0.3) is 5.56 Å². The molecule has 0 N–H and O–H groups in total. The largest absolute Gasteiger partial charge is 0.337 e. The molecular formula is C19H21N7O. The van der Waals surface area contributed by atoms with E-state index in [-0.39, 0.29) is 11.6 Å². The molecule has 8 heteroatoms. The molecule has 0 aromatic carbocycles. The summed E-state index contributed by atoms with van der Waals surface area (Å²) in [5.41, 5.74) is 1.47. The van der Waals surface area contributed by atoms with Crippen LogP contribution in [0.15, 0.2) is 53.8 Å². The first-order valence-corrected chi connectivity index (χ1v) is 8.90. The van der Waals surface area contributed by atoms with E-state index in [1.807, 2.05) is 18.2 Å². The summed E-state index contributed by atoms with van der Waals surface area (Å²) in [4.78, 5) is 34.3. The first-order chi connectivity index (χ1) is 13.1. The second-order valence-electron chi connectivity index (χ2n) is 6.61. The summed E-state index contributed by atoms with van der Waals surface area (Å²) in [6.45, 7) is 4.39. The molecule has 1 saturated heterocycles. The summed E-state index contributed by atoms with van der Waals surface area (Å²) in [6.07, 6.45) is 6.91. The Balaban J connectivity index is 1.64. The van der Waals surface area contributed by atoms with Crippen LogP contribution in [0.25, 0.3) is 11.3 Å². The lowest BCUT2D eigenvalue weighted by Gasteiger charge is -2.40. The van der Waals surface area contributed by atoms with E-state index in [1.54, 1.807) is 42.5 Å². The number of anilines is 2. The van der Waals surface area contributed by atoms with E-state index >= 15 is 0 Å². The molecule has 1 atom stereocenters. The lowest BCUT2D eigenvalue weighted by molar-refractivity contribution is 0.523. The van der Waals surface area contributed by atoms with Crippen molar-refractivity contribution in [1.29, 1.82) is 0 Å². The SMILES string of the molecule is C[C@@H]1CN(c2ncccn2)CCN1c1nc(-c2ccncc2)cc(=O)n1C. The Morgan fingerprint density at radius 3 is 2.52 bits per heavy atom. The number of piperazine rings is 1. The van der Waals surface area contributed by atoms with Crippen LogP contribution in [0.1, 0.15) is 6.92 Å². The van der Waals surface area contributed by atoms with Crippen molar-refractivity contribution in [2.45, 2.75) is 13.0 Å². The monoisotopic (exact) mass is 363 g/mol. The normalized spacial score (nSPS) is 17.2. The van der Waals surface area contributed by atoms with Crippen molar-refractivity contribution in [2.75, 3.05) is 29.4 Å². The van der Waals surface area contributed by atoms with Crippen LogP contribution in [-0.2, 0) is 7.05 Å². The summed E-state index contributed by atoms with van der Waals surface area (Å²) in [7, 11) is 1.76. The molecular weight excluding hydrogens is 342 g/mol. The zero-order valence-corrected chi connectivity index (χ0v) is 15.4. The van der Waals surface area contributed by atoms with Crippen molar-refractivity contribution >= 4 is 11.9 Å². The molecule has 0 unspecified atom stereocenters. The Labute approximate surface area is 157 Å². The molecule has 3 aromatic heterocycles. The van der Waals surface area contributed by atoms with Crippen LogP contribution in [-0.4, -0.2) is 50.2 Å². The standard InChI is InChI=1S/C19H21N7O/c1-14-13-25(18-21-6-3-7-22-18)10-11-26(14)19-23-16(12-17(27)24(19)2)15-4-8-20-9-5-15/h3-9,12,14H,10-11,13H2,1-2H3/t14-/m1/s1. The molecule has 1 aliphatic rings. The Bertz CT molecular complexity index is 974. The molecule has 4 rings (SSSR count). The first-order valence-electron chi connectivity index (χ1n) is 8.90. The summed E-state index contributed by atoms with van der Waals surface area (Å²) >= 11 is 0. The van der Waals surface area contributed by atoms with Gasteiger partial charge in [0.2, 0.25) is 11.9 Å². The van der Waals surface area contributed by atoms with Gasteiger partial charge in [-0.05, 0) is 25.1 Å². The topological polar surface area (TPSA) is 80.0 Å². The maximum absolute atomic E-state index is 12.5. The quantitative estimate of drug-likeness (QED) is 0.695. The van der Waals surface area contributed by atoms with Crippen LogP contribution in [0.2, 0.25) is 0 Å². The second-order valence-corrected chi connectivity index (χ2v) is 6.61. The van der Waals surface area contributed by atoms with E-state index in [0.717, 1.165) is 31.1 Å². The number of hydrogen-bond acceptors (Lipinski definition) is 7. The molecule has 0 radical (unpaired) electrons. The third kappa shape index (κ3) is 3.38. The van der Waals surface area contributed by atoms with Gasteiger partial charge in [-0.2, -0.15) is 0 Å². The van der Waals surface area contributed by atoms with Crippen LogP contribution in [0.4, 0.5) is 11.9 Å². The molecule has 0 aliphatic carbocycles. The Morgan fingerprint density at radius 1 is 1.07 bits per heavy atom. The highest BCUT2D eigenvalue weighted by Crippen LogP contribution is 2.22. The van der Waals surface area contributed by atoms with Gasteiger partial charge in [0, 0.05) is 69.1 Å². The van der Waals surface area contributed by atoms with Gasteiger partial charge in [0.15, 0.2) is 0 Å². The van der Waals surface area contributed by atoms with Crippen molar-refractivity contribution in [3.05, 3.63) is 59.4 Å². The van der Waals surface area contributed by atoms with Gasteiger partial charge in [0.05, 0.1) is 5.69 Å². The zero-order chi connectivity index (χ0) is 18.8. The van der Waals surface area contributed by atoms with Crippen LogP contribution >= 0.6 is 0 Å². The minimum atomic E-state index is -0.0761. The van der Waals surface area contributed by atoms with Gasteiger partial charge in [-0.15, -0.1) is 0 Å². The van der Waals surface area contributed by atoms with E-state index < -0.39 is 0 Å². The number of rotatable bonds is 3. The fourth-order valence-electron chi connectivity index (χ4n) is 3.35. The molecule has 4 heterocycles. The predicted molar refractivity (Wildman–Crippen MR) is 104 cm³/mol. The van der Waals surface area contributed by atoms with Gasteiger partial charge in [0.1, 0.15) is 0 Å². The summed E-state index contributed by atoms with van der Waals surface area (Å²) < 4.78 is 1.61. The van der Waals surface area contributed by atoms with Crippen molar-refractivity contribution in [1.82, 2.24) is 24.5 Å². The predicted octanol–water partition coefficient (Wildman–Crippen LogP) is 1.35. The van der Waals surface area contributed by atoms with E-state index in [4.69, 9.17) is 4.98 Å². The Morgan fingerprint density at radius 2 is 1.81 bits per heavy atom. The molecule has 0 spiro atoms. The molecule has 0 saturated carbocycles. The fourth-order valence-corrected chi connectivity index (χ4v) is 3.35. The van der Waals surface area contributed by atoms with Crippen LogP contribution in [0.3, 0.4) is 0 Å². The molecule has 1 fully saturated rings. The zero-order valence-electron chi connectivity index (χ0n) is 15.4. The molecule has 0 amide bonds. The highest BCUT2D eigenvalue weighted by Gasteiger charge is 2.28. The fraction of sp³-hybridized carbons (Fsp3) is 0.316. The van der Waals surface area contributed by atoms with Gasteiger partial charge in [-0.1, -0.05) is 0 Å². The average molecular weight is 363 g/mol. The number of nitrogens with zero attached hydrogens (tertiary/aromatic N) is 7. The maximum Gasteiger partial charge on any atom is 0.255 e. The minimum absolute atomic E-state index is 0.0761. The number of pyridine rings is 1. The number of hydrogen-bond donors (Lipinski definition) is 0. The average Bonchev–Trinajstić information content (AvgIpc) is 2.71. The Kier molecular flexibility index (Phi) is 4.53. The van der Waals surface area contributed by atoms with Gasteiger partial charge in [-0.3, -0.25) is 14.3 Å². The lowest BCUT2D eigenvalue weighted by atomic mass is 10.2.